The molecule has 134 valence electrons. The molecule has 0 radical (unpaired) electrons. The molecule has 1 amide bonds. The average molecular weight is 364 g/mol. The van der Waals surface area contributed by atoms with Gasteiger partial charge in [-0.05, 0) is 38.2 Å². The van der Waals surface area contributed by atoms with Crippen molar-refractivity contribution in [2.24, 2.45) is 7.05 Å². The number of carbonyl (C=O) groups is 1. The number of carbonyl (C=O) groups excluding carboxylic acids is 1. The molecule has 2 atom stereocenters. The number of hydrogen-bond acceptors (Lipinski definition) is 5. The molecule has 6 nitrogen and oxygen atoms in total. The largest absolute Gasteiger partial charge is 0.481 e. The summed E-state index contributed by atoms with van der Waals surface area (Å²) in [5.74, 6) is 0.619. The van der Waals surface area contributed by atoms with Crippen LogP contribution in [0, 0.1) is 5.82 Å². The number of nitrogens with zero attached hydrogens (tertiary/aromatic N) is 4. The number of thioether (sulfide) groups is 1. The molecule has 1 aromatic carbocycles. The molecule has 2 aromatic rings. The number of benzene rings is 1. The molecular weight excluding hydrogens is 343 g/mol. The van der Waals surface area contributed by atoms with Gasteiger partial charge < -0.3 is 14.2 Å². The fourth-order valence-electron chi connectivity index (χ4n) is 3.12. The van der Waals surface area contributed by atoms with Crippen LogP contribution in [0.15, 0.2) is 29.4 Å². The fourth-order valence-corrected chi connectivity index (χ4v) is 3.61. The second kappa shape index (κ2) is 7.43. The predicted molar refractivity (Wildman–Crippen MR) is 93.0 cm³/mol. The number of amides is 1. The Hall–Kier alpha value is -2.09. The molecule has 1 aliphatic heterocycles. The maximum Gasteiger partial charge on any atom is 0.263 e. The summed E-state index contributed by atoms with van der Waals surface area (Å²) in [7, 11) is 1.91. The SMILES string of the molecule is CSc1nnc(C2CCCN2C(=O)C(C)Oc2cccc(F)c2)n1C. The molecular formula is C17H21FN4O2S. The zero-order chi connectivity index (χ0) is 18.0. The van der Waals surface area contributed by atoms with Crippen LogP contribution >= 0.6 is 11.8 Å². The van der Waals surface area contributed by atoms with Crippen molar-refractivity contribution in [3.05, 3.63) is 35.9 Å². The van der Waals surface area contributed by atoms with Crippen LogP contribution in [-0.4, -0.2) is 44.5 Å². The highest BCUT2D eigenvalue weighted by molar-refractivity contribution is 7.98. The Balaban J connectivity index is 1.74. The first-order valence-corrected chi connectivity index (χ1v) is 9.39. The number of hydrogen-bond donors (Lipinski definition) is 0. The zero-order valence-electron chi connectivity index (χ0n) is 14.5. The average Bonchev–Trinajstić information content (AvgIpc) is 3.20. The van der Waals surface area contributed by atoms with Gasteiger partial charge >= 0.3 is 0 Å². The van der Waals surface area contributed by atoms with Crippen LogP contribution in [0.2, 0.25) is 0 Å². The third-order valence-electron chi connectivity index (χ3n) is 4.34. The van der Waals surface area contributed by atoms with Crippen LogP contribution in [0.1, 0.15) is 31.6 Å². The summed E-state index contributed by atoms with van der Waals surface area (Å²) in [4.78, 5) is 14.6. The Kier molecular flexibility index (Phi) is 5.27. The number of ether oxygens (including phenoxy) is 1. The van der Waals surface area contributed by atoms with Crippen molar-refractivity contribution >= 4 is 17.7 Å². The quantitative estimate of drug-likeness (QED) is 0.764. The maximum absolute atomic E-state index is 13.3. The van der Waals surface area contributed by atoms with Crippen LogP contribution in [0.4, 0.5) is 4.39 Å². The first kappa shape index (κ1) is 17.7. The van der Waals surface area contributed by atoms with Gasteiger partial charge in [-0.25, -0.2) is 4.39 Å². The van der Waals surface area contributed by atoms with Gasteiger partial charge in [0.05, 0.1) is 6.04 Å². The van der Waals surface area contributed by atoms with Crippen molar-refractivity contribution in [3.8, 4) is 5.75 Å². The molecule has 2 unspecified atom stereocenters. The molecule has 8 heteroatoms. The lowest BCUT2D eigenvalue weighted by molar-refractivity contribution is -0.139. The highest BCUT2D eigenvalue weighted by Gasteiger charge is 2.36. The van der Waals surface area contributed by atoms with E-state index in [1.807, 2.05) is 17.9 Å². The van der Waals surface area contributed by atoms with Gasteiger partial charge in [-0.1, -0.05) is 17.8 Å². The second-order valence-corrected chi connectivity index (χ2v) is 6.78. The summed E-state index contributed by atoms with van der Waals surface area (Å²) < 4.78 is 20.8. The Labute approximate surface area is 150 Å². The first-order valence-electron chi connectivity index (χ1n) is 8.17. The number of likely N-dealkylation sites (tertiary alicyclic amines) is 1. The summed E-state index contributed by atoms with van der Waals surface area (Å²) >= 11 is 1.52. The van der Waals surface area contributed by atoms with Crippen LogP contribution in [0.5, 0.6) is 5.75 Å². The second-order valence-electron chi connectivity index (χ2n) is 6.01. The van der Waals surface area contributed by atoms with E-state index in [1.165, 1.54) is 23.9 Å². The van der Waals surface area contributed by atoms with Crippen molar-refractivity contribution in [3.63, 3.8) is 0 Å². The molecule has 1 saturated heterocycles. The van der Waals surface area contributed by atoms with E-state index in [0.717, 1.165) is 23.8 Å². The molecule has 1 aliphatic rings. The van der Waals surface area contributed by atoms with Gasteiger partial charge in [0, 0.05) is 19.7 Å². The standard InChI is InChI=1S/C17H21FN4O2S/c1-11(24-13-7-4-6-12(18)10-13)16(23)22-9-5-8-14(22)15-19-20-17(25-3)21(15)2/h4,6-7,10-11,14H,5,8-9H2,1-3H3. The molecule has 0 spiro atoms. The smallest absolute Gasteiger partial charge is 0.263 e. The Morgan fingerprint density at radius 1 is 1.44 bits per heavy atom. The monoisotopic (exact) mass is 364 g/mol. The summed E-state index contributed by atoms with van der Waals surface area (Å²) in [6.45, 7) is 2.34. The summed E-state index contributed by atoms with van der Waals surface area (Å²) in [6.07, 6.45) is 3.00. The Morgan fingerprint density at radius 2 is 2.24 bits per heavy atom. The van der Waals surface area contributed by atoms with Gasteiger partial charge in [0.25, 0.3) is 5.91 Å². The summed E-state index contributed by atoms with van der Waals surface area (Å²) in [6, 6.07) is 5.71. The van der Waals surface area contributed by atoms with E-state index < -0.39 is 6.10 Å². The topological polar surface area (TPSA) is 60.3 Å². The minimum Gasteiger partial charge on any atom is -0.481 e. The molecule has 1 aromatic heterocycles. The molecule has 25 heavy (non-hydrogen) atoms. The van der Waals surface area contributed by atoms with E-state index in [2.05, 4.69) is 10.2 Å². The van der Waals surface area contributed by atoms with Gasteiger partial charge in [0.2, 0.25) is 0 Å². The van der Waals surface area contributed by atoms with Crippen LogP contribution in [0.3, 0.4) is 0 Å². The molecule has 0 N–H and O–H groups in total. The van der Waals surface area contributed by atoms with Gasteiger partial charge in [0.1, 0.15) is 11.6 Å². The van der Waals surface area contributed by atoms with E-state index in [1.54, 1.807) is 24.0 Å². The lowest BCUT2D eigenvalue weighted by Gasteiger charge is -2.27. The maximum atomic E-state index is 13.3. The lowest BCUT2D eigenvalue weighted by Crippen LogP contribution is -2.40. The van der Waals surface area contributed by atoms with Crippen molar-refractivity contribution in [1.82, 2.24) is 19.7 Å². The Morgan fingerprint density at radius 3 is 2.92 bits per heavy atom. The van der Waals surface area contributed by atoms with E-state index in [4.69, 9.17) is 4.74 Å². The third-order valence-corrected chi connectivity index (χ3v) is 5.06. The molecule has 0 saturated carbocycles. The molecule has 3 rings (SSSR count). The fraction of sp³-hybridized carbons (Fsp3) is 0.471. The molecule has 0 aliphatic carbocycles. The minimum atomic E-state index is -0.698. The lowest BCUT2D eigenvalue weighted by atomic mass is 10.2. The van der Waals surface area contributed by atoms with Crippen molar-refractivity contribution in [1.29, 1.82) is 0 Å². The van der Waals surface area contributed by atoms with E-state index in [-0.39, 0.29) is 17.8 Å². The highest BCUT2D eigenvalue weighted by atomic mass is 32.2. The van der Waals surface area contributed by atoms with E-state index >= 15 is 0 Å². The number of rotatable bonds is 5. The van der Waals surface area contributed by atoms with Gasteiger partial charge in [-0.15, -0.1) is 10.2 Å². The predicted octanol–water partition coefficient (Wildman–Crippen LogP) is 2.81. The normalized spacial score (nSPS) is 18.4. The van der Waals surface area contributed by atoms with Gasteiger partial charge in [-0.3, -0.25) is 4.79 Å². The zero-order valence-corrected chi connectivity index (χ0v) is 15.3. The number of aromatic nitrogens is 3. The van der Waals surface area contributed by atoms with Crippen LogP contribution < -0.4 is 4.74 Å². The minimum absolute atomic E-state index is 0.107. The first-order chi connectivity index (χ1) is 12.0. The highest BCUT2D eigenvalue weighted by Crippen LogP contribution is 2.32. The number of halogens is 1. The molecule has 0 bridgehead atoms. The van der Waals surface area contributed by atoms with Crippen molar-refractivity contribution in [2.45, 2.75) is 37.1 Å². The molecule has 1 fully saturated rings. The van der Waals surface area contributed by atoms with E-state index in [9.17, 15) is 9.18 Å². The Bertz CT molecular complexity index is 767. The van der Waals surface area contributed by atoms with Gasteiger partial charge in [-0.2, -0.15) is 0 Å². The van der Waals surface area contributed by atoms with Gasteiger partial charge in [0.15, 0.2) is 17.1 Å². The molecule has 2 heterocycles. The van der Waals surface area contributed by atoms with Crippen LogP contribution in [0.25, 0.3) is 0 Å². The van der Waals surface area contributed by atoms with Crippen molar-refractivity contribution < 1.29 is 13.9 Å². The summed E-state index contributed by atoms with van der Waals surface area (Å²) in [5, 5.41) is 9.24. The third kappa shape index (κ3) is 3.63. The van der Waals surface area contributed by atoms with Crippen molar-refractivity contribution in [2.75, 3.05) is 12.8 Å². The van der Waals surface area contributed by atoms with Crippen LogP contribution in [-0.2, 0) is 11.8 Å². The van der Waals surface area contributed by atoms with E-state index in [0.29, 0.717) is 12.3 Å². The summed E-state index contributed by atoms with van der Waals surface area (Å²) in [5.41, 5.74) is 0.